The third-order valence-electron chi connectivity index (χ3n) is 3.50. The summed E-state index contributed by atoms with van der Waals surface area (Å²) in [4.78, 5) is 26.2. The smallest absolute Gasteiger partial charge is 0.353 e. The fourth-order valence-corrected chi connectivity index (χ4v) is 2.39. The number of carboxylic acids is 1. The molecule has 0 aliphatic heterocycles. The number of carbonyl (C=O) groups is 2. The van der Waals surface area contributed by atoms with Gasteiger partial charge in [-0.25, -0.2) is 4.79 Å². The van der Waals surface area contributed by atoms with Gasteiger partial charge in [0.05, 0.1) is 0 Å². The summed E-state index contributed by atoms with van der Waals surface area (Å²) in [5.74, 6) is -0.597. The van der Waals surface area contributed by atoms with Gasteiger partial charge in [0.15, 0.2) is 6.61 Å². The Balaban J connectivity index is 1.72. The van der Waals surface area contributed by atoms with Gasteiger partial charge in [-0.3, -0.25) is 4.79 Å². The fraction of sp³-hybridized carbons (Fsp3) is 0.0526. The van der Waals surface area contributed by atoms with Crippen LogP contribution in [0.3, 0.4) is 0 Å². The standard InChI is InChI=1S/C19H16N2O4/c22-17(12-25-14-9-5-2-6-10-14)20-16-11-15(18(21-16)19(23)24)13-7-3-1-4-8-13/h1-11,21H,12H2,(H,20,22)(H,23,24). The predicted molar refractivity (Wildman–Crippen MR) is 93.8 cm³/mol. The molecule has 25 heavy (non-hydrogen) atoms. The summed E-state index contributed by atoms with van der Waals surface area (Å²) in [6.45, 7) is -0.174. The van der Waals surface area contributed by atoms with Crippen LogP contribution in [0.2, 0.25) is 0 Å². The van der Waals surface area contributed by atoms with Crippen LogP contribution in [0.5, 0.6) is 5.75 Å². The summed E-state index contributed by atoms with van der Waals surface area (Å²) >= 11 is 0. The van der Waals surface area contributed by atoms with Crippen LogP contribution in [0, 0.1) is 0 Å². The second-order valence-electron chi connectivity index (χ2n) is 5.29. The summed E-state index contributed by atoms with van der Waals surface area (Å²) in [7, 11) is 0. The van der Waals surface area contributed by atoms with Crippen LogP contribution in [-0.2, 0) is 4.79 Å². The Morgan fingerprint density at radius 1 is 1.00 bits per heavy atom. The van der Waals surface area contributed by atoms with Crippen LogP contribution in [-0.4, -0.2) is 28.6 Å². The molecule has 6 nitrogen and oxygen atoms in total. The number of hydrogen-bond donors (Lipinski definition) is 3. The van der Waals surface area contributed by atoms with E-state index in [0.29, 0.717) is 17.1 Å². The monoisotopic (exact) mass is 336 g/mol. The number of aromatic amines is 1. The zero-order valence-corrected chi connectivity index (χ0v) is 13.2. The van der Waals surface area contributed by atoms with Gasteiger partial charge in [-0.1, -0.05) is 48.5 Å². The number of hydrogen-bond acceptors (Lipinski definition) is 3. The Hall–Kier alpha value is -3.54. The Morgan fingerprint density at radius 3 is 2.28 bits per heavy atom. The first kappa shape index (κ1) is 16.3. The number of aromatic carboxylic acids is 1. The zero-order chi connectivity index (χ0) is 17.6. The molecule has 0 fully saturated rings. The highest BCUT2D eigenvalue weighted by Crippen LogP contribution is 2.27. The molecule has 2 aromatic carbocycles. The first-order chi connectivity index (χ1) is 12.1. The number of H-pyrrole nitrogens is 1. The Kier molecular flexibility index (Phi) is 4.80. The van der Waals surface area contributed by atoms with Crippen LogP contribution in [0.15, 0.2) is 66.7 Å². The molecule has 0 aliphatic carbocycles. The molecule has 0 saturated carbocycles. The van der Waals surface area contributed by atoms with Gasteiger partial charge in [0.2, 0.25) is 0 Å². The van der Waals surface area contributed by atoms with Crippen LogP contribution >= 0.6 is 0 Å². The van der Waals surface area contributed by atoms with Gasteiger partial charge < -0.3 is 20.1 Å². The van der Waals surface area contributed by atoms with E-state index in [9.17, 15) is 14.7 Å². The molecule has 0 atom stereocenters. The minimum absolute atomic E-state index is 0.0190. The first-order valence-corrected chi connectivity index (χ1v) is 7.63. The topological polar surface area (TPSA) is 91.4 Å². The fourth-order valence-electron chi connectivity index (χ4n) is 2.39. The minimum Gasteiger partial charge on any atom is -0.484 e. The van der Waals surface area contributed by atoms with Crippen molar-refractivity contribution < 1.29 is 19.4 Å². The number of amides is 1. The molecule has 1 amide bonds. The summed E-state index contributed by atoms with van der Waals surface area (Å²) in [6.07, 6.45) is 0. The number of benzene rings is 2. The van der Waals surface area contributed by atoms with Gasteiger partial charge >= 0.3 is 5.97 Å². The third kappa shape index (κ3) is 4.06. The normalized spacial score (nSPS) is 10.2. The summed E-state index contributed by atoms with van der Waals surface area (Å²) in [6, 6.07) is 19.7. The van der Waals surface area contributed by atoms with Gasteiger partial charge in [-0.05, 0) is 23.8 Å². The highest BCUT2D eigenvalue weighted by Gasteiger charge is 2.17. The van der Waals surface area contributed by atoms with E-state index in [4.69, 9.17) is 4.74 Å². The van der Waals surface area contributed by atoms with Crippen molar-refractivity contribution in [1.29, 1.82) is 0 Å². The lowest BCUT2D eigenvalue weighted by atomic mass is 10.1. The molecule has 0 saturated heterocycles. The molecule has 126 valence electrons. The molecule has 0 unspecified atom stereocenters. The number of aromatic nitrogens is 1. The second kappa shape index (κ2) is 7.35. The average molecular weight is 336 g/mol. The molecule has 6 heteroatoms. The van der Waals surface area contributed by atoms with Crippen molar-refractivity contribution in [2.24, 2.45) is 0 Å². The predicted octanol–water partition coefficient (Wildman–Crippen LogP) is 3.40. The maximum atomic E-state index is 12.0. The van der Waals surface area contributed by atoms with Crippen LogP contribution in [0.4, 0.5) is 5.82 Å². The Labute approximate surface area is 144 Å². The van der Waals surface area contributed by atoms with E-state index in [1.807, 2.05) is 36.4 Å². The SMILES string of the molecule is O=C(COc1ccccc1)Nc1cc(-c2ccccc2)c(C(=O)O)[nH]1. The molecule has 1 aromatic heterocycles. The van der Waals surface area contributed by atoms with E-state index in [2.05, 4.69) is 10.3 Å². The molecule has 0 radical (unpaired) electrons. The van der Waals surface area contributed by atoms with Crippen molar-refractivity contribution in [2.75, 3.05) is 11.9 Å². The van der Waals surface area contributed by atoms with Crippen molar-refractivity contribution in [3.8, 4) is 16.9 Å². The maximum absolute atomic E-state index is 12.0. The summed E-state index contributed by atoms with van der Waals surface area (Å²) in [5, 5.41) is 12.0. The lowest BCUT2D eigenvalue weighted by molar-refractivity contribution is -0.118. The van der Waals surface area contributed by atoms with Crippen molar-refractivity contribution in [1.82, 2.24) is 4.98 Å². The van der Waals surface area contributed by atoms with E-state index in [-0.39, 0.29) is 18.2 Å². The lowest BCUT2D eigenvalue weighted by Crippen LogP contribution is -2.20. The van der Waals surface area contributed by atoms with Crippen molar-refractivity contribution in [3.63, 3.8) is 0 Å². The second-order valence-corrected chi connectivity index (χ2v) is 5.29. The van der Waals surface area contributed by atoms with Crippen LogP contribution in [0.25, 0.3) is 11.1 Å². The molecule has 0 aliphatic rings. The number of anilines is 1. The Morgan fingerprint density at radius 2 is 1.64 bits per heavy atom. The largest absolute Gasteiger partial charge is 0.484 e. The van der Waals surface area contributed by atoms with Gasteiger partial charge in [0.25, 0.3) is 5.91 Å². The molecule has 3 rings (SSSR count). The zero-order valence-electron chi connectivity index (χ0n) is 13.2. The highest BCUT2D eigenvalue weighted by atomic mass is 16.5. The summed E-state index contributed by atoms with van der Waals surface area (Å²) < 4.78 is 5.37. The maximum Gasteiger partial charge on any atom is 0.353 e. The van der Waals surface area contributed by atoms with E-state index < -0.39 is 5.97 Å². The number of carboxylic acid groups (broad SMARTS) is 1. The van der Waals surface area contributed by atoms with Crippen molar-refractivity contribution in [3.05, 3.63) is 72.4 Å². The van der Waals surface area contributed by atoms with Gasteiger partial charge in [0, 0.05) is 5.56 Å². The van der Waals surface area contributed by atoms with Crippen LogP contribution in [0.1, 0.15) is 10.5 Å². The molecule has 1 heterocycles. The van der Waals surface area contributed by atoms with E-state index in [0.717, 1.165) is 5.56 Å². The Bertz CT molecular complexity index is 873. The highest BCUT2D eigenvalue weighted by molar-refractivity contribution is 5.98. The molecular formula is C19H16N2O4. The summed E-state index contributed by atoms with van der Waals surface area (Å²) in [5.41, 5.74) is 1.27. The van der Waals surface area contributed by atoms with E-state index in [1.165, 1.54) is 0 Å². The number of para-hydroxylation sites is 1. The minimum atomic E-state index is -1.10. The quantitative estimate of drug-likeness (QED) is 0.643. The molecule has 3 aromatic rings. The third-order valence-corrected chi connectivity index (χ3v) is 3.50. The van der Waals surface area contributed by atoms with E-state index in [1.54, 1.807) is 30.3 Å². The number of nitrogens with one attached hydrogen (secondary N) is 2. The average Bonchev–Trinajstić information content (AvgIpc) is 3.06. The van der Waals surface area contributed by atoms with E-state index >= 15 is 0 Å². The molecule has 0 spiro atoms. The van der Waals surface area contributed by atoms with Gasteiger partial charge in [0.1, 0.15) is 17.3 Å². The van der Waals surface area contributed by atoms with Crippen LogP contribution < -0.4 is 10.1 Å². The lowest BCUT2D eigenvalue weighted by Gasteiger charge is -2.05. The number of carbonyl (C=O) groups excluding carboxylic acids is 1. The molecule has 3 N–H and O–H groups in total. The van der Waals surface area contributed by atoms with Gasteiger partial charge in [-0.15, -0.1) is 0 Å². The first-order valence-electron chi connectivity index (χ1n) is 7.63. The molecular weight excluding hydrogens is 320 g/mol. The van der Waals surface area contributed by atoms with Gasteiger partial charge in [-0.2, -0.15) is 0 Å². The number of rotatable bonds is 6. The number of ether oxygens (including phenoxy) is 1. The van der Waals surface area contributed by atoms with Crippen molar-refractivity contribution in [2.45, 2.75) is 0 Å². The van der Waals surface area contributed by atoms with Crippen molar-refractivity contribution >= 4 is 17.7 Å². The molecule has 0 bridgehead atoms.